The fraction of sp³-hybridized carbons (Fsp3) is 0.500. The quantitative estimate of drug-likeness (QED) is 0.784. The Morgan fingerprint density at radius 1 is 1.14 bits per heavy atom. The fourth-order valence-corrected chi connectivity index (χ4v) is 1.51. The smallest absolute Gasteiger partial charge is 0.122 e. The number of rotatable bonds is 4. The van der Waals surface area contributed by atoms with Gasteiger partial charge in [0.1, 0.15) is 6.17 Å². The molecule has 1 aromatic carbocycles. The van der Waals surface area contributed by atoms with E-state index in [1.54, 1.807) is 6.92 Å². The summed E-state index contributed by atoms with van der Waals surface area (Å²) in [6, 6.07) is 7.69. The molecule has 0 aliphatic carbocycles. The summed E-state index contributed by atoms with van der Waals surface area (Å²) in [4.78, 5) is 0. The Balaban J connectivity index is 2.72. The summed E-state index contributed by atoms with van der Waals surface area (Å²) in [6.07, 6.45) is 0.0960. The van der Waals surface area contributed by atoms with Crippen LogP contribution in [0.3, 0.4) is 0 Å². The van der Waals surface area contributed by atoms with Gasteiger partial charge in [-0.1, -0.05) is 31.2 Å². The highest BCUT2D eigenvalue weighted by Crippen LogP contribution is 2.22. The highest BCUT2D eigenvalue weighted by molar-refractivity contribution is 5.26. The molecular formula is C12H18FN. The van der Waals surface area contributed by atoms with Crippen molar-refractivity contribution in [2.24, 2.45) is 5.73 Å². The maximum atomic E-state index is 12.9. The molecule has 0 radical (unpaired) electrons. The number of benzene rings is 1. The summed E-state index contributed by atoms with van der Waals surface area (Å²) < 4.78 is 12.9. The minimum absolute atomic E-state index is 0.462. The zero-order valence-corrected chi connectivity index (χ0v) is 8.83. The SMILES string of the molecule is CC(F)c1ccc(C(C)CCN)cc1. The van der Waals surface area contributed by atoms with Crippen LogP contribution in [-0.2, 0) is 0 Å². The Bertz CT molecular complexity index is 266. The van der Waals surface area contributed by atoms with E-state index < -0.39 is 6.17 Å². The lowest BCUT2D eigenvalue weighted by Crippen LogP contribution is -2.04. The molecule has 0 saturated heterocycles. The molecule has 14 heavy (non-hydrogen) atoms. The molecule has 1 nitrogen and oxygen atoms in total. The van der Waals surface area contributed by atoms with Crippen molar-refractivity contribution in [2.45, 2.75) is 32.4 Å². The van der Waals surface area contributed by atoms with E-state index in [9.17, 15) is 4.39 Å². The van der Waals surface area contributed by atoms with E-state index in [0.29, 0.717) is 12.5 Å². The lowest BCUT2D eigenvalue weighted by atomic mass is 9.96. The molecule has 0 aliphatic heterocycles. The van der Waals surface area contributed by atoms with E-state index in [1.165, 1.54) is 5.56 Å². The van der Waals surface area contributed by atoms with Crippen molar-refractivity contribution in [3.63, 3.8) is 0 Å². The molecule has 0 aliphatic rings. The van der Waals surface area contributed by atoms with E-state index in [1.807, 2.05) is 24.3 Å². The van der Waals surface area contributed by atoms with E-state index in [4.69, 9.17) is 5.73 Å². The van der Waals surface area contributed by atoms with Crippen LogP contribution in [0.2, 0.25) is 0 Å². The van der Waals surface area contributed by atoms with Gasteiger partial charge in [0.2, 0.25) is 0 Å². The van der Waals surface area contributed by atoms with Crippen molar-refractivity contribution in [3.05, 3.63) is 35.4 Å². The van der Waals surface area contributed by atoms with Gasteiger partial charge in [-0.25, -0.2) is 4.39 Å². The highest BCUT2D eigenvalue weighted by atomic mass is 19.1. The van der Waals surface area contributed by atoms with E-state index in [0.717, 1.165) is 12.0 Å². The summed E-state index contributed by atoms with van der Waals surface area (Å²) in [6.45, 7) is 4.39. The summed E-state index contributed by atoms with van der Waals surface area (Å²) >= 11 is 0. The second-order valence-electron chi connectivity index (χ2n) is 3.76. The van der Waals surface area contributed by atoms with E-state index in [2.05, 4.69) is 6.92 Å². The standard InChI is InChI=1S/C12H18FN/c1-9(7-8-14)11-3-5-12(6-4-11)10(2)13/h3-6,9-10H,7-8,14H2,1-2H3. The molecule has 0 heterocycles. The molecule has 2 atom stereocenters. The fourth-order valence-electron chi connectivity index (χ4n) is 1.51. The second-order valence-corrected chi connectivity index (χ2v) is 3.76. The average Bonchev–Trinajstić information content (AvgIpc) is 2.18. The minimum Gasteiger partial charge on any atom is -0.330 e. The largest absolute Gasteiger partial charge is 0.330 e. The third kappa shape index (κ3) is 2.81. The van der Waals surface area contributed by atoms with Crippen LogP contribution in [0.1, 0.15) is 43.5 Å². The van der Waals surface area contributed by atoms with Gasteiger partial charge in [-0.3, -0.25) is 0 Å². The minimum atomic E-state index is -0.881. The number of hydrogen-bond donors (Lipinski definition) is 1. The molecule has 0 saturated carbocycles. The third-order valence-corrected chi connectivity index (χ3v) is 2.56. The summed E-state index contributed by atoms with van der Waals surface area (Å²) in [5.74, 6) is 0.462. The van der Waals surface area contributed by atoms with Crippen LogP contribution >= 0.6 is 0 Å². The molecule has 0 fully saturated rings. The molecule has 2 N–H and O–H groups in total. The molecule has 0 aromatic heterocycles. The number of alkyl halides is 1. The zero-order valence-electron chi connectivity index (χ0n) is 8.83. The summed E-state index contributed by atoms with van der Waals surface area (Å²) in [7, 11) is 0. The summed E-state index contributed by atoms with van der Waals surface area (Å²) in [5, 5.41) is 0. The number of hydrogen-bond acceptors (Lipinski definition) is 1. The Hall–Kier alpha value is -0.890. The topological polar surface area (TPSA) is 26.0 Å². The second kappa shape index (κ2) is 5.11. The van der Waals surface area contributed by atoms with Crippen molar-refractivity contribution in [3.8, 4) is 0 Å². The lowest BCUT2D eigenvalue weighted by Gasteiger charge is -2.11. The van der Waals surface area contributed by atoms with Crippen LogP contribution < -0.4 is 5.73 Å². The van der Waals surface area contributed by atoms with Crippen molar-refractivity contribution in [1.82, 2.24) is 0 Å². The van der Waals surface area contributed by atoms with E-state index in [-0.39, 0.29) is 0 Å². The van der Waals surface area contributed by atoms with Gasteiger partial charge in [-0.2, -0.15) is 0 Å². The normalized spacial score (nSPS) is 15.1. The maximum absolute atomic E-state index is 12.9. The van der Waals surface area contributed by atoms with Crippen molar-refractivity contribution >= 4 is 0 Å². The van der Waals surface area contributed by atoms with E-state index >= 15 is 0 Å². The molecule has 1 aromatic rings. The van der Waals surface area contributed by atoms with Crippen LogP contribution in [0.25, 0.3) is 0 Å². The Morgan fingerprint density at radius 2 is 1.64 bits per heavy atom. The molecule has 2 heteroatoms. The molecule has 0 amide bonds. The number of halogens is 1. The molecular weight excluding hydrogens is 177 g/mol. The number of nitrogens with two attached hydrogens (primary N) is 1. The van der Waals surface area contributed by atoms with Gasteiger partial charge in [-0.05, 0) is 36.9 Å². The molecule has 0 bridgehead atoms. The highest BCUT2D eigenvalue weighted by Gasteiger charge is 2.06. The maximum Gasteiger partial charge on any atom is 0.122 e. The van der Waals surface area contributed by atoms with Crippen LogP contribution in [0.4, 0.5) is 4.39 Å². The monoisotopic (exact) mass is 195 g/mol. The first-order chi connectivity index (χ1) is 6.65. The van der Waals surface area contributed by atoms with Crippen LogP contribution in [0.5, 0.6) is 0 Å². The van der Waals surface area contributed by atoms with Gasteiger partial charge in [0.25, 0.3) is 0 Å². The van der Waals surface area contributed by atoms with Gasteiger partial charge in [0.05, 0.1) is 0 Å². The van der Waals surface area contributed by atoms with Gasteiger partial charge < -0.3 is 5.73 Å². The van der Waals surface area contributed by atoms with Gasteiger partial charge in [0.15, 0.2) is 0 Å². The van der Waals surface area contributed by atoms with Crippen LogP contribution in [0, 0.1) is 0 Å². The first kappa shape index (κ1) is 11.2. The molecule has 78 valence electrons. The third-order valence-electron chi connectivity index (χ3n) is 2.56. The lowest BCUT2D eigenvalue weighted by molar-refractivity contribution is 0.374. The predicted octanol–water partition coefficient (Wildman–Crippen LogP) is 3.17. The van der Waals surface area contributed by atoms with Crippen LogP contribution in [-0.4, -0.2) is 6.54 Å². The molecule has 1 rings (SSSR count). The average molecular weight is 195 g/mol. The summed E-state index contributed by atoms with van der Waals surface area (Å²) in [5.41, 5.74) is 7.47. The molecule has 2 unspecified atom stereocenters. The Kier molecular flexibility index (Phi) is 4.08. The zero-order chi connectivity index (χ0) is 10.6. The Morgan fingerprint density at radius 3 is 2.07 bits per heavy atom. The first-order valence-corrected chi connectivity index (χ1v) is 5.09. The predicted molar refractivity (Wildman–Crippen MR) is 58.1 cm³/mol. The first-order valence-electron chi connectivity index (χ1n) is 5.09. The molecule has 0 spiro atoms. The van der Waals surface area contributed by atoms with Crippen molar-refractivity contribution in [1.29, 1.82) is 0 Å². The van der Waals surface area contributed by atoms with Gasteiger partial charge in [0, 0.05) is 0 Å². The van der Waals surface area contributed by atoms with Crippen LogP contribution in [0.15, 0.2) is 24.3 Å². The Labute approximate surface area is 85.1 Å². The van der Waals surface area contributed by atoms with Gasteiger partial charge >= 0.3 is 0 Å². The van der Waals surface area contributed by atoms with Crippen molar-refractivity contribution < 1.29 is 4.39 Å². The van der Waals surface area contributed by atoms with Gasteiger partial charge in [-0.15, -0.1) is 0 Å². The van der Waals surface area contributed by atoms with Crippen molar-refractivity contribution in [2.75, 3.05) is 6.54 Å².